The highest BCUT2D eigenvalue weighted by molar-refractivity contribution is 5.82. The van der Waals surface area contributed by atoms with Gasteiger partial charge in [0.15, 0.2) is 23.2 Å². The number of rotatable bonds is 6. The van der Waals surface area contributed by atoms with Gasteiger partial charge < -0.3 is 30.1 Å². The van der Waals surface area contributed by atoms with Gasteiger partial charge >= 0.3 is 0 Å². The third-order valence-electron chi connectivity index (χ3n) is 4.74. The zero-order valence-corrected chi connectivity index (χ0v) is 15.1. The van der Waals surface area contributed by atoms with Crippen LogP contribution in [0.2, 0.25) is 0 Å². The molecular formula is C18H21N5O5. The largest absolute Gasteiger partial charge is 0.497 e. The Hall–Kier alpha value is -2.79. The van der Waals surface area contributed by atoms with Crippen LogP contribution in [0.1, 0.15) is 11.8 Å². The highest BCUT2D eigenvalue weighted by Gasteiger charge is 2.44. The van der Waals surface area contributed by atoms with Gasteiger partial charge in [0.2, 0.25) is 0 Å². The molecule has 0 saturated carbocycles. The highest BCUT2D eigenvalue weighted by Crippen LogP contribution is 2.32. The van der Waals surface area contributed by atoms with Crippen LogP contribution in [0.5, 0.6) is 5.75 Å². The molecule has 10 nitrogen and oxygen atoms in total. The summed E-state index contributed by atoms with van der Waals surface area (Å²) >= 11 is 0. The molecule has 0 aliphatic carbocycles. The van der Waals surface area contributed by atoms with Gasteiger partial charge in [-0.15, -0.1) is 0 Å². The normalized spacial score (nSPS) is 24.6. The van der Waals surface area contributed by atoms with E-state index < -0.39 is 31.1 Å². The second kappa shape index (κ2) is 7.68. The van der Waals surface area contributed by atoms with Gasteiger partial charge in [0.1, 0.15) is 30.4 Å². The van der Waals surface area contributed by atoms with Crippen LogP contribution in [-0.2, 0) is 11.3 Å². The van der Waals surface area contributed by atoms with E-state index >= 15 is 0 Å². The predicted molar refractivity (Wildman–Crippen MR) is 98.7 cm³/mol. The van der Waals surface area contributed by atoms with Crippen molar-refractivity contribution in [2.75, 3.05) is 19.0 Å². The number of anilines is 1. The van der Waals surface area contributed by atoms with Crippen LogP contribution in [-0.4, -0.2) is 66.9 Å². The van der Waals surface area contributed by atoms with E-state index in [-0.39, 0.29) is 0 Å². The van der Waals surface area contributed by atoms with Crippen molar-refractivity contribution in [3.05, 3.63) is 42.5 Å². The fourth-order valence-corrected chi connectivity index (χ4v) is 3.25. The fourth-order valence-electron chi connectivity index (χ4n) is 3.25. The SMILES string of the molecule is COc1cccc(CNc2ncnc3c2ncn3[C@@H]2O[C@H](CO)[C@H](O)[C@H]2O)c1. The average molecular weight is 387 g/mol. The van der Waals surface area contributed by atoms with E-state index in [1.54, 1.807) is 7.11 Å². The molecule has 1 aliphatic heterocycles. The Morgan fingerprint density at radius 3 is 2.82 bits per heavy atom. The molecule has 0 spiro atoms. The van der Waals surface area contributed by atoms with Crippen LogP contribution in [0.15, 0.2) is 36.9 Å². The molecule has 0 unspecified atom stereocenters. The number of aromatic nitrogens is 4. The molecule has 4 atom stereocenters. The summed E-state index contributed by atoms with van der Waals surface area (Å²) in [5.41, 5.74) is 1.95. The second-order valence-corrected chi connectivity index (χ2v) is 6.48. The molecule has 10 heteroatoms. The number of fused-ring (bicyclic) bond motifs is 1. The van der Waals surface area contributed by atoms with E-state index in [9.17, 15) is 15.3 Å². The number of aliphatic hydroxyl groups is 3. The molecular weight excluding hydrogens is 366 g/mol. The Morgan fingerprint density at radius 1 is 1.21 bits per heavy atom. The number of nitrogens with one attached hydrogen (secondary N) is 1. The molecule has 1 saturated heterocycles. The van der Waals surface area contributed by atoms with Crippen LogP contribution in [0.3, 0.4) is 0 Å². The van der Waals surface area contributed by atoms with E-state index in [4.69, 9.17) is 9.47 Å². The summed E-state index contributed by atoms with van der Waals surface area (Å²) in [4.78, 5) is 12.8. The van der Waals surface area contributed by atoms with Crippen molar-refractivity contribution >= 4 is 17.0 Å². The first-order chi connectivity index (χ1) is 13.6. The Morgan fingerprint density at radius 2 is 2.07 bits per heavy atom. The zero-order valence-electron chi connectivity index (χ0n) is 15.1. The molecule has 148 valence electrons. The van der Waals surface area contributed by atoms with Crippen molar-refractivity contribution < 1.29 is 24.8 Å². The van der Waals surface area contributed by atoms with Crippen molar-refractivity contribution in [1.82, 2.24) is 19.5 Å². The van der Waals surface area contributed by atoms with Crippen LogP contribution in [0.25, 0.3) is 11.2 Å². The van der Waals surface area contributed by atoms with Gasteiger partial charge in [0.05, 0.1) is 20.0 Å². The molecule has 2 aromatic heterocycles. The van der Waals surface area contributed by atoms with Crippen LogP contribution < -0.4 is 10.1 Å². The summed E-state index contributed by atoms with van der Waals surface area (Å²) in [5, 5.41) is 32.7. The third-order valence-corrected chi connectivity index (χ3v) is 4.74. The lowest BCUT2D eigenvalue weighted by Gasteiger charge is -2.16. The molecule has 1 fully saturated rings. The minimum Gasteiger partial charge on any atom is -0.497 e. The summed E-state index contributed by atoms with van der Waals surface area (Å²) in [7, 11) is 1.62. The number of benzene rings is 1. The molecule has 4 N–H and O–H groups in total. The van der Waals surface area contributed by atoms with Crippen molar-refractivity contribution in [3.63, 3.8) is 0 Å². The van der Waals surface area contributed by atoms with Gasteiger partial charge in [-0.25, -0.2) is 15.0 Å². The first-order valence-electron chi connectivity index (χ1n) is 8.79. The smallest absolute Gasteiger partial charge is 0.167 e. The van der Waals surface area contributed by atoms with E-state index in [0.717, 1.165) is 11.3 Å². The maximum atomic E-state index is 10.3. The van der Waals surface area contributed by atoms with Gasteiger partial charge in [-0.1, -0.05) is 12.1 Å². The number of methoxy groups -OCH3 is 1. The molecule has 3 aromatic rings. The summed E-state index contributed by atoms with van der Waals surface area (Å²) in [6.07, 6.45) is -1.33. The summed E-state index contributed by atoms with van der Waals surface area (Å²) in [6, 6.07) is 7.66. The minimum absolute atomic E-state index is 0.399. The predicted octanol–water partition coefficient (Wildman–Crippen LogP) is 0.0585. The van der Waals surface area contributed by atoms with Gasteiger partial charge in [-0.05, 0) is 17.7 Å². The Labute approximate surface area is 160 Å². The first-order valence-corrected chi connectivity index (χ1v) is 8.79. The van der Waals surface area contributed by atoms with E-state index in [1.807, 2.05) is 24.3 Å². The Kier molecular flexibility index (Phi) is 5.09. The molecule has 4 rings (SSSR count). The van der Waals surface area contributed by atoms with Gasteiger partial charge in [-0.3, -0.25) is 4.57 Å². The number of hydrogen-bond acceptors (Lipinski definition) is 9. The first kappa shape index (κ1) is 18.6. The quantitative estimate of drug-likeness (QED) is 0.463. The topological polar surface area (TPSA) is 135 Å². The van der Waals surface area contributed by atoms with Crippen molar-refractivity contribution in [1.29, 1.82) is 0 Å². The lowest BCUT2D eigenvalue weighted by Crippen LogP contribution is -2.33. The highest BCUT2D eigenvalue weighted by atomic mass is 16.6. The monoisotopic (exact) mass is 387 g/mol. The molecule has 0 bridgehead atoms. The number of aliphatic hydroxyl groups excluding tert-OH is 3. The molecule has 0 radical (unpaired) electrons. The number of nitrogens with zero attached hydrogens (tertiary/aromatic N) is 4. The fraction of sp³-hybridized carbons (Fsp3) is 0.389. The van der Waals surface area contributed by atoms with Crippen molar-refractivity contribution in [2.45, 2.75) is 31.1 Å². The molecule has 0 amide bonds. The van der Waals surface area contributed by atoms with E-state index in [2.05, 4.69) is 20.3 Å². The van der Waals surface area contributed by atoms with Crippen molar-refractivity contribution in [2.24, 2.45) is 0 Å². The maximum absolute atomic E-state index is 10.3. The summed E-state index contributed by atoms with van der Waals surface area (Å²) < 4.78 is 12.3. The van der Waals surface area contributed by atoms with Gasteiger partial charge in [0.25, 0.3) is 0 Å². The van der Waals surface area contributed by atoms with Crippen LogP contribution in [0, 0.1) is 0 Å². The maximum Gasteiger partial charge on any atom is 0.167 e. The lowest BCUT2D eigenvalue weighted by atomic mass is 10.1. The van der Waals surface area contributed by atoms with Crippen LogP contribution in [0.4, 0.5) is 5.82 Å². The third kappa shape index (κ3) is 3.27. The average Bonchev–Trinajstić information content (AvgIpc) is 3.28. The molecule has 28 heavy (non-hydrogen) atoms. The number of ether oxygens (including phenoxy) is 2. The van der Waals surface area contributed by atoms with Gasteiger partial charge in [-0.2, -0.15) is 0 Å². The van der Waals surface area contributed by atoms with E-state index in [1.165, 1.54) is 17.2 Å². The number of imidazole rings is 1. The Bertz CT molecular complexity index is 964. The van der Waals surface area contributed by atoms with Crippen LogP contribution >= 0.6 is 0 Å². The molecule has 1 aliphatic rings. The minimum atomic E-state index is -1.21. The molecule has 1 aromatic carbocycles. The standard InChI is InChI=1S/C18H21N5O5/c1-27-11-4-2-3-10(5-11)6-19-16-13-17(21-8-20-16)23(9-22-13)18-15(26)14(25)12(7-24)28-18/h2-5,8-9,12,14-15,18,24-26H,6-7H2,1H3,(H,19,20,21)/t12-,14+,15-,18-/m1/s1. The van der Waals surface area contributed by atoms with E-state index in [0.29, 0.717) is 23.5 Å². The second-order valence-electron chi connectivity index (χ2n) is 6.48. The van der Waals surface area contributed by atoms with Gasteiger partial charge in [0, 0.05) is 6.54 Å². The Balaban J connectivity index is 1.58. The summed E-state index contributed by atoms with van der Waals surface area (Å²) in [6.45, 7) is 0.105. The lowest BCUT2D eigenvalue weighted by molar-refractivity contribution is -0.0511. The zero-order chi connectivity index (χ0) is 19.7. The van der Waals surface area contributed by atoms with Crippen molar-refractivity contribution in [3.8, 4) is 5.75 Å². The number of hydrogen-bond donors (Lipinski definition) is 4. The molecule has 3 heterocycles. The summed E-state index contributed by atoms with van der Waals surface area (Å²) in [5.74, 6) is 1.29.